The van der Waals surface area contributed by atoms with Crippen molar-refractivity contribution >= 4 is 69.5 Å². The molecule has 0 unspecified atom stereocenters. The molecule has 3 aromatic carbocycles. The first-order valence-electron chi connectivity index (χ1n) is 12.9. The van der Waals surface area contributed by atoms with Crippen molar-refractivity contribution in [3.05, 3.63) is 108 Å². The fourth-order valence-corrected chi connectivity index (χ4v) is 8.18. The van der Waals surface area contributed by atoms with Crippen molar-refractivity contribution < 1.29 is 24.0 Å². The van der Waals surface area contributed by atoms with E-state index in [-0.39, 0.29) is 17.9 Å². The van der Waals surface area contributed by atoms with E-state index in [0.29, 0.717) is 31.9 Å². The van der Waals surface area contributed by atoms with Gasteiger partial charge < -0.3 is 10.1 Å². The number of non-ortho nitro benzene ring substituents is 1. The quantitative estimate of drug-likeness (QED) is 0.171. The zero-order chi connectivity index (χ0) is 30.4. The number of ether oxygens (including phenoxy) is 1. The zero-order valence-corrected chi connectivity index (χ0v) is 24.7. The molecule has 3 heterocycles. The molecular formula is C29H21ClN4O7S2. The summed E-state index contributed by atoms with van der Waals surface area (Å²) in [7, 11) is 1.53. The van der Waals surface area contributed by atoms with Crippen molar-refractivity contribution in [3.8, 4) is 5.75 Å². The minimum Gasteiger partial charge on any atom is -0.497 e. The van der Waals surface area contributed by atoms with Gasteiger partial charge in [-0.25, -0.2) is 4.90 Å². The highest BCUT2D eigenvalue weighted by Crippen LogP contribution is 2.54. The smallest absolute Gasteiger partial charge is 0.308 e. The molecule has 0 bridgehead atoms. The number of fused-ring (bicyclic) bond motifs is 2. The lowest BCUT2D eigenvalue weighted by molar-refractivity contribution is -0.384. The highest BCUT2D eigenvalue weighted by molar-refractivity contribution is 8.00. The second-order valence-corrected chi connectivity index (χ2v) is 12.3. The van der Waals surface area contributed by atoms with Crippen LogP contribution in [0, 0.1) is 16.0 Å². The maximum absolute atomic E-state index is 13.9. The fraction of sp³-hybridized carbons (Fsp3) is 0.172. The molecule has 1 N–H and O–H groups in total. The van der Waals surface area contributed by atoms with Gasteiger partial charge in [0.1, 0.15) is 17.5 Å². The van der Waals surface area contributed by atoms with E-state index in [4.69, 9.17) is 16.3 Å². The van der Waals surface area contributed by atoms with Crippen LogP contribution in [0.5, 0.6) is 5.75 Å². The molecule has 0 radical (unpaired) electrons. The van der Waals surface area contributed by atoms with Gasteiger partial charge in [0.15, 0.2) is 0 Å². The topological polar surface area (TPSA) is 141 Å². The minimum atomic E-state index is -0.902. The average molecular weight is 637 g/mol. The van der Waals surface area contributed by atoms with Gasteiger partial charge in [0, 0.05) is 33.6 Å². The number of nitro groups is 1. The van der Waals surface area contributed by atoms with Crippen molar-refractivity contribution in [2.45, 2.75) is 22.7 Å². The third-order valence-corrected chi connectivity index (χ3v) is 10.1. The Morgan fingerprint density at radius 2 is 1.67 bits per heavy atom. The summed E-state index contributed by atoms with van der Waals surface area (Å²) in [6.45, 7) is -0.303. The highest BCUT2D eigenvalue weighted by Gasteiger charge is 2.56. The first-order valence-corrected chi connectivity index (χ1v) is 15.0. The van der Waals surface area contributed by atoms with E-state index in [2.05, 4.69) is 5.32 Å². The van der Waals surface area contributed by atoms with E-state index in [1.54, 1.807) is 48.5 Å². The van der Waals surface area contributed by atoms with E-state index in [1.807, 2.05) is 0 Å². The number of carbonyl (C=O) groups excluding carboxylic acids is 3. The molecule has 218 valence electrons. The molecule has 1 aromatic heterocycles. The average Bonchev–Trinajstić information content (AvgIpc) is 3.44. The van der Waals surface area contributed by atoms with E-state index in [9.17, 15) is 29.3 Å². The molecule has 3 amide bonds. The first-order chi connectivity index (χ1) is 20.7. The summed E-state index contributed by atoms with van der Waals surface area (Å²) in [6.07, 6.45) is 0. The summed E-state index contributed by atoms with van der Waals surface area (Å²) in [6, 6.07) is 18.8. The number of thioether (sulfide) groups is 1. The lowest BCUT2D eigenvalue weighted by Gasteiger charge is -2.30. The van der Waals surface area contributed by atoms with Gasteiger partial charge in [0.2, 0.25) is 17.7 Å². The lowest BCUT2D eigenvalue weighted by atomic mass is 9.83. The Kier molecular flexibility index (Phi) is 7.54. The van der Waals surface area contributed by atoms with Gasteiger partial charge in [-0.1, -0.05) is 46.8 Å². The normalized spacial score (nSPS) is 19.1. The molecule has 6 rings (SSSR count). The van der Waals surface area contributed by atoms with Gasteiger partial charge in [0.25, 0.3) is 5.69 Å². The number of nitrogens with one attached hydrogen (secondary N) is 1. The number of halogens is 1. The Balaban J connectivity index is 1.37. The zero-order valence-electron chi connectivity index (χ0n) is 22.3. The fourth-order valence-electron chi connectivity index (χ4n) is 5.28. The molecule has 1 fully saturated rings. The van der Waals surface area contributed by atoms with Gasteiger partial charge in [-0.2, -0.15) is 0 Å². The van der Waals surface area contributed by atoms with Crippen LogP contribution in [-0.4, -0.2) is 39.6 Å². The maximum Gasteiger partial charge on any atom is 0.308 e. The molecule has 14 heteroatoms. The molecule has 2 aliphatic heterocycles. The molecule has 4 aromatic rings. The molecule has 3 atom stereocenters. The van der Waals surface area contributed by atoms with Crippen molar-refractivity contribution in [1.29, 1.82) is 0 Å². The Bertz CT molecular complexity index is 1820. The third kappa shape index (κ3) is 5.19. The van der Waals surface area contributed by atoms with Crippen LogP contribution in [0.25, 0.3) is 0 Å². The Hall–Kier alpha value is -4.46. The number of imide groups is 1. The Morgan fingerprint density at radius 3 is 2.30 bits per heavy atom. The third-order valence-electron chi connectivity index (χ3n) is 7.27. The van der Waals surface area contributed by atoms with E-state index in [0.717, 1.165) is 28.0 Å². The largest absolute Gasteiger partial charge is 0.497 e. The monoisotopic (exact) mass is 636 g/mol. The van der Waals surface area contributed by atoms with Crippen molar-refractivity contribution in [3.63, 3.8) is 0 Å². The number of carbonyl (C=O) groups is 3. The Labute approximate surface area is 257 Å². The maximum atomic E-state index is 13.9. The molecule has 0 aliphatic carbocycles. The number of thiazole rings is 1. The van der Waals surface area contributed by atoms with Gasteiger partial charge in [0.05, 0.1) is 28.7 Å². The van der Waals surface area contributed by atoms with E-state index in [1.165, 1.54) is 35.9 Å². The van der Waals surface area contributed by atoms with Crippen LogP contribution < -0.4 is 19.8 Å². The van der Waals surface area contributed by atoms with Crippen LogP contribution in [-0.2, 0) is 20.9 Å². The molecule has 43 heavy (non-hydrogen) atoms. The highest BCUT2D eigenvalue weighted by atomic mass is 35.5. The number of anilines is 2. The summed E-state index contributed by atoms with van der Waals surface area (Å²) >= 11 is 8.15. The van der Waals surface area contributed by atoms with Crippen LogP contribution in [0.1, 0.15) is 16.4 Å². The second-order valence-electron chi connectivity index (χ2n) is 9.78. The predicted molar refractivity (Wildman–Crippen MR) is 162 cm³/mol. The van der Waals surface area contributed by atoms with Crippen LogP contribution >= 0.6 is 34.7 Å². The van der Waals surface area contributed by atoms with E-state index < -0.39 is 44.6 Å². The lowest BCUT2D eigenvalue weighted by Crippen LogP contribution is -2.33. The molecule has 2 aliphatic rings. The number of aromatic nitrogens is 1. The number of nitro benzene ring substituents is 1. The van der Waals surface area contributed by atoms with Crippen LogP contribution in [0.4, 0.5) is 17.1 Å². The second kappa shape index (κ2) is 11.3. The summed E-state index contributed by atoms with van der Waals surface area (Å²) in [5.41, 5.74) is 1.24. The number of rotatable bonds is 7. The van der Waals surface area contributed by atoms with E-state index >= 15 is 0 Å². The SMILES string of the molecule is COc1ccc(NC(=O)Cn2c3c(sc2=O)[C@@H](c2ccc(Cl)cc2)[C@H]2C(=O)N(c4ccc([N+](=O)[O-])cc4)C(=O)[C@H]2S3)cc1. The molecule has 0 spiro atoms. The van der Waals surface area contributed by atoms with Crippen LogP contribution in [0.15, 0.2) is 82.6 Å². The number of nitrogens with zero attached hydrogens (tertiary/aromatic N) is 3. The summed E-state index contributed by atoms with van der Waals surface area (Å²) in [4.78, 5) is 65.8. The Morgan fingerprint density at radius 1 is 1.00 bits per heavy atom. The van der Waals surface area contributed by atoms with Gasteiger partial charge in [-0.3, -0.25) is 33.9 Å². The van der Waals surface area contributed by atoms with Crippen molar-refractivity contribution in [2.24, 2.45) is 5.92 Å². The van der Waals surface area contributed by atoms with Gasteiger partial charge in [-0.15, -0.1) is 0 Å². The molecular weight excluding hydrogens is 616 g/mol. The number of hydrogen-bond donors (Lipinski definition) is 1. The predicted octanol–water partition coefficient (Wildman–Crippen LogP) is 4.91. The molecule has 11 nitrogen and oxygen atoms in total. The molecule has 1 saturated heterocycles. The van der Waals surface area contributed by atoms with Gasteiger partial charge >= 0.3 is 4.87 Å². The summed E-state index contributed by atoms with van der Waals surface area (Å²) in [5.74, 6) is -2.33. The minimum absolute atomic E-state index is 0.173. The number of methoxy groups -OCH3 is 1. The van der Waals surface area contributed by atoms with Crippen molar-refractivity contribution in [1.82, 2.24) is 4.57 Å². The number of hydrogen-bond acceptors (Lipinski definition) is 9. The number of benzene rings is 3. The first kappa shape index (κ1) is 28.6. The summed E-state index contributed by atoms with van der Waals surface area (Å²) in [5, 5.41) is 13.9. The number of amides is 3. The standard InChI is InChI=1S/C29H21ClN4O7S2/c1-41-20-12-6-17(7-13-20)31-21(35)14-32-28-25(43-29(32)38)22(15-2-4-16(30)5-3-15)23-24(42-28)27(37)33(26(23)36)18-8-10-19(11-9-18)34(39)40/h2-13,22-24H,14H2,1H3,(H,31,35)/t22-,23+,24-/m0/s1. The van der Waals surface area contributed by atoms with Gasteiger partial charge in [-0.05, 0) is 54.1 Å². The van der Waals surface area contributed by atoms with Crippen LogP contribution in [0.3, 0.4) is 0 Å². The van der Waals surface area contributed by atoms with Crippen LogP contribution in [0.2, 0.25) is 5.02 Å². The van der Waals surface area contributed by atoms with Crippen molar-refractivity contribution in [2.75, 3.05) is 17.3 Å². The summed E-state index contributed by atoms with van der Waals surface area (Å²) < 4.78 is 6.47. The molecule has 0 saturated carbocycles.